The monoisotopic (exact) mass is 273 g/mol. The van der Waals surface area contributed by atoms with Gasteiger partial charge in [-0.25, -0.2) is 0 Å². The highest BCUT2D eigenvalue weighted by Gasteiger charge is 2.03. The van der Waals surface area contributed by atoms with Crippen LogP contribution in [0.5, 0.6) is 0 Å². The molecular weight excluding hydrogens is 254 g/mol. The Hall–Kier alpha value is -1.98. The minimum absolute atomic E-state index is 0.0274. The molecule has 0 atom stereocenters. The fraction of sp³-hybridized carbons (Fsp3) is 0.333. The molecule has 106 valence electrons. The summed E-state index contributed by atoms with van der Waals surface area (Å²) >= 11 is 0. The first-order valence-corrected chi connectivity index (χ1v) is 6.60. The normalized spacial score (nSPS) is 10.7. The summed E-state index contributed by atoms with van der Waals surface area (Å²) in [5, 5.41) is 7.02. The number of aromatic nitrogens is 1. The summed E-state index contributed by atoms with van der Waals surface area (Å²) in [6, 6.07) is 9.95. The van der Waals surface area contributed by atoms with Gasteiger partial charge in [-0.15, -0.1) is 0 Å². The Labute approximate surface area is 118 Å². The van der Waals surface area contributed by atoms with Gasteiger partial charge >= 0.3 is 0 Å². The van der Waals surface area contributed by atoms with Crippen molar-refractivity contribution < 1.29 is 9.53 Å². The molecule has 0 saturated carbocycles. The first-order valence-electron chi connectivity index (χ1n) is 6.60. The SMILES string of the molecule is COCCNC(=O)CNCc1ccnc2ccccc12. The zero-order valence-electron chi connectivity index (χ0n) is 11.6. The number of methoxy groups -OCH3 is 1. The van der Waals surface area contributed by atoms with Crippen LogP contribution in [0.2, 0.25) is 0 Å². The number of pyridine rings is 1. The first kappa shape index (κ1) is 14.4. The Morgan fingerprint density at radius 3 is 3.00 bits per heavy atom. The number of para-hydroxylation sites is 1. The van der Waals surface area contributed by atoms with E-state index in [-0.39, 0.29) is 5.91 Å². The Bertz CT molecular complexity index is 567. The van der Waals surface area contributed by atoms with E-state index < -0.39 is 0 Å². The Balaban J connectivity index is 1.85. The van der Waals surface area contributed by atoms with Crippen LogP contribution in [0.25, 0.3) is 10.9 Å². The van der Waals surface area contributed by atoms with Crippen molar-refractivity contribution in [2.24, 2.45) is 0 Å². The molecular formula is C15H19N3O2. The van der Waals surface area contributed by atoms with Crippen molar-refractivity contribution in [3.05, 3.63) is 42.1 Å². The summed E-state index contributed by atoms with van der Waals surface area (Å²) in [7, 11) is 1.61. The third kappa shape index (κ3) is 4.01. The van der Waals surface area contributed by atoms with E-state index in [1.165, 1.54) is 0 Å². The lowest BCUT2D eigenvalue weighted by Crippen LogP contribution is -2.35. The minimum atomic E-state index is -0.0274. The number of ether oxygens (including phenoxy) is 1. The molecule has 1 aromatic carbocycles. The van der Waals surface area contributed by atoms with Crippen LogP contribution in [0.1, 0.15) is 5.56 Å². The van der Waals surface area contributed by atoms with Crippen LogP contribution in [0.4, 0.5) is 0 Å². The van der Waals surface area contributed by atoms with E-state index in [4.69, 9.17) is 4.74 Å². The maximum Gasteiger partial charge on any atom is 0.234 e. The lowest BCUT2D eigenvalue weighted by molar-refractivity contribution is -0.120. The molecule has 0 aliphatic rings. The molecule has 0 bridgehead atoms. The van der Waals surface area contributed by atoms with Crippen molar-refractivity contribution in [2.45, 2.75) is 6.54 Å². The van der Waals surface area contributed by atoms with E-state index in [9.17, 15) is 4.79 Å². The molecule has 2 N–H and O–H groups in total. The van der Waals surface area contributed by atoms with Crippen LogP contribution in [0.15, 0.2) is 36.5 Å². The van der Waals surface area contributed by atoms with Crippen LogP contribution < -0.4 is 10.6 Å². The number of hydrogen-bond donors (Lipinski definition) is 2. The van der Waals surface area contributed by atoms with Crippen molar-refractivity contribution in [1.29, 1.82) is 0 Å². The quantitative estimate of drug-likeness (QED) is 0.741. The molecule has 0 aliphatic heterocycles. The number of carbonyl (C=O) groups is 1. The average molecular weight is 273 g/mol. The predicted molar refractivity (Wildman–Crippen MR) is 78.3 cm³/mol. The van der Waals surface area contributed by atoms with E-state index >= 15 is 0 Å². The second kappa shape index (κ2) is 7.57. The fourth-order valence-electron chi connectivity index (χ4n) is 1.97. The molecule has 2 rings (SSSR count). The van der Waals surface area contributed by atoms with Crippen molar-refractivity contribution in [3.63, 3.8) is 0 Å². The second-order valence-electron chi connectivity index (χ2n) is 4.43. The molecule has 20 heavy (non-hydrogen) atoms. The summed E-state index contributed by atoms with van der Waals surface area (Å²) in [4.78, 5) is 15.8. The zero-order valence-corrected chi connectivity index (χ0v) is 11.6. The molecule has 0 unspecified atom stereocenters. The highest BCUT2D eigenvalue weighted by Crippen LogP contribution is 2.15. The third-order valence-corrected chi connectivity index (χ3v) is 2.97. The van der Waals surface area contributed by atoms with E-state index in [1.807, 2.05) is 30.3 Å². The van der Waals surface area contributed by atoms with Gasteiger partial charge in [0.25, 0.3) is 0 Å². The van der Waals surface area contributed by atoms with Crippen LogP contribution in [0.3, 0.4) is 0 Å². The smallest absolute Gasteiger partial charge is 0.234 e. The topological polar surface area (TPSA) is 63.2 Å². The van der Waals surface area contributed by atoms with Crippen LogP contribution in [0, 0.1) is 0 Å². The van der Waals surface area contributed by atoms with Crippen LogP contribution in [-0.4, -0.2) is 37.7 Å². The number of rotatable bonds is 7. The van der Waals surface area contributed by atoms with Gasteiger partial charge in [0.2, 0.25) is 5.91 Å². The highest BCUT2D eigenvalue weighted by molar-refractivity contribution is 5.82. The Morgan fingerprint density at radius 1 is 1.30 bits per heavy atom. The molecule has 0 spiro atoms. The number of nitrogens with zero attached hydrogens (tertiary/aromatic N) is 1. The van der Waals surface area contributed by atoms with Gasteiger partial charge in [-0.3, -0.25) is 9.78 Å². The van der Waals surface area contributed by atoms with Gasteiger partial charge < -0.3 is 15.4 Å². The summed E-state index contributed by atoms with van der Waals surface area (Å²) in [5.74, 6) is -0.0274. The van der Waals surface area contributed by atoms with Crippen LogP contribution >= 0.6 is 0 Å². The second-order valence-corrected chi connectivity index (χ2v) is 4.43. The van der Waals surface area contributed by atoms with Gasteiger partial charge in [0.1, 0.15) is 0 Å². The van der Waals surface area contributed by atoms with Gasteiger partial charge in [0.05, 0.1) is 18.7 Å². The zero-order chi connectivity index (χ0) is 14.2. The molecule has 2 aromatic rings. The molecule has 1 amide bonds. The van der Waals surface area contributed by atoms with Crippen molar-refractivity contribution in [1.82, 2.24) is 15.6 Å². The van der Waals surface area contributed by atoms with Crippen molar-refractivity contribution >= 4 is 16.8 Å². The Morgan fingerprint density at radius 2 is 2.15 bits per heavy atom. The van der Waals surface area contributed by atoms with Crippen molar-refractivity contribution in [2.75, 3.05) is 26.8 Å². The number of amides is 1. The number of carbonyl (C=O) groups excluding carboxylic acids is 1. The maximum absolute atomic E-state index is 11.5. The lowest BCUT2D eigenvalue weighted by Gasteiger charge is -2.08. The molecule has 0 saturated heterocycles. The molecule has 1 heterocycles. The van der Waals surface area contributed by atoms with Crippen LogP contribution in [-0.2, 0) is 16.1 Å². The minimum Gasteiger partial charge on any atom is -0.383 e. The van der Waals surface area contributed by atoms with Gasteiger partial charge in [0, 0.05) is 31.8 Å². The van der Waals surface area contributed by atoms with E-state index in [0.717, 1.165) is 16.5 Å². The average Bonchev–Trinajstić information content (AvgIpc) is 2.48. The highest BCUT2D eigenvalue weighted by atomic mass is 16.5. The standard InChI is InChI=1S/C15H19N3O2/c1-20-9-8-18-15(19)11-16-10-12-6-7-17-14-5-3-2-4-13(12)14/h2-7,16H,8-11H2,1H3,(H,18,19). The van der Waals surface area contributed by atoms with Gasteiger partial charge in [-0.1, -0.05) is 18.2 Å². The third-order valence-electron chi connectivity index (χ3n) is 2.97. The lowest BCUT2D eigenvalue weighted by atomic mass is 10.1. The van der Waals surface area contributed by atoms with E-state index in [0.29, 0.717) is 26.2 Å². The fourth-order valence-corrected chi connectivity index (χ4v) is 1.97. The van der Waals surface area contributed by atoms with E-state index in [2.05, 4.69) is 15.6 Å². The maximum atomic E-state index is 11.5. The van der Waals surface area contributed by atoms with Gasteiger partial charge in [-0.05, 0) is 17.7 Å². The molecule has 5 heteroatoms. The summed E-state index contributed by atoms with van der Waals surface area (Å²) in [6.07, 6.45) is 1.79. The van der Waals surface area contributed by atoms with Gasteiger partial charge in [-0.2, -0.15) is 0 Å². The molecule has 0 aliphatic carbocycles. The first-order chi connectivity index (χ1) is 9.81. The number of fused-ring (bicyclic) bond motifs is 1. The summed E-state index contributed by atoms with van der Waals surface area (Å²) in [6.45, 7) is 2.00. The number of benzene rings is 1. The van der Waals surface area contributed by atoms with Gasteiger partial charge in [0.15, 0.2) is 0 Å². The molecule has 0 fully saturated rings. The molecule has 1 aromatic heterocycles. The molecule has 0 radical (unpaired) electrons. The van der Waals surface area contributed by atoms with E-state index in [1.54, 1.807) is 13.3 Å². The Kier molecular flexibility index (Phi) is 5.46. The molecule has 5 nitrogen and oxygen atoms in total. The summed E-state index contributed by atoms with van der Waals surface area (Å²) < 4.78 is 4.87. The van der Waals surface area contributed by atoms with Crippen molar-refractivity contribution in [3.8, 4) is 0 Å². The number of hydrogen-bond acceptors (Lipinski definition) is 4. The summed E-state index contributed by atoms with van der Waals surface area (Å²) in [5.41, 5.74) is 2.11. The predicted octanol–water partition coefficient (Wildman–Crippen LogP) is 1.09. The largest absolute Gasteiger partial charge is 0.383 e. The number of nitrogens with one attached hydrogen (secondary N) is 2.